The molecule has 0 spiro atoms. The molecule has 0 aliphatic heterocycles. The highest BCUT2D eigenvalue weighted by Crippen LogP contribution is 2.32. The van der Waals surface area contributed by atoms with Gasteiger partial charge in [0.1, 0.15) is 11.4 Å². The van der Waals surface area contributed by atoms with Gasteiger partial charge in [0, 0.05) is 17.7 Å². The normalized spacial score (nSPS) is 11.0. The zero-order valence-corrected chi connectivity index (χ0v) is 16.4. The number of nitro groups is 1. The molecule has 0 radical (unpaired) electrons. The van der Waals surface area contributed by atoms with Crippen molar-refractivity contribution in [3.05, 3.63) is 99.3 Å². The number of ether oxygens (including phenoxy) is 1. The van der Waals surface area contributed by atoms with Gasteiger partial charge in [0.05, 0.1) is 23.4 Å². The molecule has 0 bridgehead atoms. The number of non-ortho nitro benzene ring substituents is 1. The van der Waals surface area contributed by atoms with Crippen molar-refractivity contribution < 1.29 is 9.66 Å². The number of nitro benzene ring substituents is 1. The largest absolute Gasteiger partial charge is 0.494 e. The molecule has 0 saturated heterocycles. The van der Waals surface area contributed by atoms with Gasteiger partial charge in [-0.1, -0.05) is 30.3 Å². The Bertz CT molecular complexity index is 1310. The summed E-state index contributed by atoms with van der Waals surface area (Å²) in [6.07, 6.45) is 0. The number of methoxy groups -OCH3 is 1. The third-order valence-corrected chi connectivity index (χ3v) is 4.59. The predicted octanol–water partition coefficient (Wildman–Crippen LogP) is 5.16. The maximum atomic E-state index is 13.2. The van der Waals surface area contributed by atoms with E-state index in [-0.39, 0.29) is 11.4 Å². The quantitative estimate of drug-likeness (QED) is 0.266. The lowest BCUT2D eigenvalue weighted by molar-refractivity contribution is -0.384. The molecule has 0 atom stereocenters. The Morgan fingerprint density at radius 2 is 1.61 bits per heavy atom. The first kappa shape index (κ1) is 19.8. The Labute approximate surface area is 176 Å². The molecule has 3 aromatic carbocycles. The van der Waals surface area contributed by atoms with Crippen LogP contribution >= 0.6 is 0 Å². The minimum Gasteiger partial charge on any atom is -0.494 e. The fourth-order valence-electron chi connectivity index (χ4n) is 3.05. The first-order valence-corrected chi connectivity index (χ1v) is 9.28. The molecular formula is C22H17N5O4. The van der Waals surface area contributed by atoms with Crippen molar-refractivity contribution in [2.75, 3.05) is 7.11 Å². The molecule has 1 N–H and O–H groups in total. The van der Waals surface area contributed by atoms with Crippen LogP contribution < -0.4 is 10.3 Å². The molecule has 0 amide bonds. The van der Waals surface area contributed by atoms with Crippen LogP contribution in [0.3, 0.4) is 0 Å². The Hall–Kier alpha value is -4.53. The molecule has 0 saturated carbocycles. The van der Waals surface area contributed by atoms with Gasteiger partial charge in [-0.3, -0.25) is 20.0 Å². The highest BCUT2D eigenvalue weighted by Gasteiger charge is 2.18. The maximum absolute atomic E-state index is 13.2. The Kier molecular flexibility index (Phi) is 5.39. The smallest absolute Gasteiger partial charge is 0.299 e. The van der Waals surface area contributed by atoms with Crippen molar-refractivity contribution in [2.24, 2.45) is 10.2 Å². The van der Waals surface area contributed by atoms with Crippen molar-refractivity contribution in [1.82, 2.24) is 9.78 Å². The molecule has 9 nitrogen and oxygen atoms in total. The molecule has 0 fully saturated rings. The first-order chi connectivity index (χ1) is 15.1. The number of para-hydroxylation sites is 2. The number of rotatable bonds is 6. The van der Waals surface area contributed by atoms with Gasteiger partial charge in [0.25, 0.3) is 11.2 Å². The number of benzene rings is 3. The summed E-state index contributed by atoms with van der Waals surface area (Å²) in [5.41, 5.74) is 1.65. The summed E-state index contributed by atoms with van der Waals surface area (Å²) >= 11 is 0. The van der Waals surface area contributed by atoms with Crippen LogP contribution in [0.15, 0.2) is 93.9 Å². The number of nitrogens with zero attached hydrogens (tertiary/aromatic N) is 4. The Morgan fingerprint density at radius 3 is 2.29 bits per heavy atom. The molecule has 154 valence electrons. The van der Waals surface area contributed by atoms with Crippen LogP contribution in [-0.4, -0.2) is 21.8 Å². The van der Waals surface area contributed by atoms with E-state index < -0.39 is 10.5 Å². The average molecular weight is 415 g/mol. The summed E-state index contributed by atoms with van der Waals surface area (Å²) in [6.45, 7) is 0. The monoisotopic (exact) mass is 415 g/mol. The number of aromatic amines is 1. The van der Waals surface area contributed by atoms with Crippen LogP contribution in [0.1, 0.15) is 0 Å². The number of hydrogen-bond acceptors (Lipinski definition) is 6. The van der Waals surface area contributed by atoms with E-state index in [9.17, 15) is 14.9 Å². The van der Waals surface area contributed by atoms with E-state index in [0.29, 0.717) is 28.4 Å². The number of nitrogens with one attached hydrogen (secondary N) is 1. The second kappa shape index (κ2) is 8.46. The van der Waals surface area contributed by atoms with Crippen molar-refractivity contribution in [1.29, 1.82) is 0 Å². The highest BCUT2D eigenvalue weighted by atomic mass is 16.6. The lowest BCUT2D eigenvalue weighted by Crippen LogP contribution is -2.13. The van der Waals surface area contributed by atoms with E-state index in [4.69, 9.17) is 4.74 Å². The molecule has 31 heavy (non-hydrogen) atoms. The second-order valence-electron chi connectivity index (χ2n) is 6.49. The summed E-state index contributed by atoms with van der Waals surface area (Å²) in [7, 11) is 1.52. The van der Waals surface area contributed by atoms with Crippen molar-refractivity contribution in [2.45, 2.75) is 0 Å². The summed E-state index contributed by atoms with van der Waals surface area (Å²) in [4.78, 5) is 23.6. The lowest BCUT2D eigenvalue weighted by Gasteiger charge is -2.02. The molecule has 0 unspecified atom stereocenters. The van der Waals surface area contributed by atoms with E-state index in [1.807, 2.05) is 18.2 Å². The van der Waals surface area contributed by atoms with Crippen LogP contribution in [-0.2, 0) is 0 Å². The van der Waals surface area contributed by atoms with Gasteiger partial charge in [-0.05, 0) is 36.4 Å². The van der Waals surface area contributed by atoms with E-state index in [1.54, 1.807) is 48.5 Å². The van der Waals surface area contributed by atoms with E-state index >= 15 is 0 Å². The number of aromatic nitrogens is 2. The average Bonchev–Trinajstić information content (AvgIpc) is 3.14. The van der Waals surface area contributed by atoms with E-state index in [0.717, 1.165) is 0 Å². The van der Waals surface area contributed by atoms with Crippen molar-refractivity contribution >= 4 is 17.1 Å². The third kappa shape index (κ3) is 3.97. The number of azo groups is 1. The summed E-state index contributed by atoms with van der Waals surface area (Å²) in [5.74, 6) is 0.516. The Morgan fingerprint density at radius 1 is 0.935 bits per heavy atom. The van der Waals surface area contributed by atoms with Crippen LogP contribution in [0.5, 0.6) is 5.75 Å². The zero-order valence-electron chi connectivity index (χ0n) is 16.4. The molecule has 4 rings (SSSR count). The van der Waals surface area contributed by atoms with Gasteiger partial charge >= 0.3 is 0 Å². The third-order valence-electron chi connectivity index (χ3n) is 4.59. The minimum absolute atomic E-state index is 0.0502. The van der Waals surface area contributed by atoms with Crippen LogP contribution in [0.4, 0.5) is 17.1 Å². The fourth-order valence-corrected chi connectivity index (χ4v) is 3.05. The van der Waals surface area contributed by atoms with Crippen LogP contribution in [0, 0.1) is 10.1 Å². The highest BCUT2D eigenvalue weighted by molar-refractivity contribution is 5.72. The van der Waals surface area contributed by atoms with Crippen LogP contribution in [0.2, 0.25) is 0 Å². The first-order valence-electron chi connectivity index (χ1n) is 9.28. The molecule has 4 aromatic rings. The SMILES string of the molecule is COc1ccccc1N=Nc1c(-c2ccc([N+](=O)[O-])cc2)[nH]n(-c2ccccc2)c1=O. The molecule has 0 aliphatic rings. The molecule has 1 aromatic heterocycles. The van der Waals surface area contributed by atoms with Gasteiger partial charge in [0.15, 0.2) is 5.69 Å². The lowest BCUT2D eigenvalue weighted by atomic mass is 10.1. The van der Waals surface area contributed by atoms with Crippen LogP contribution in [0.25, 0.3) is 16.9 Å². The zero-order chi connectivity index (χ0) is 21.8. The second-order valence-corrected chi connectivity index (χ2v) is 6.49. The van der Waals surface area contributed by atoms with Gasteiger partial charge in [-0.2, -0.15) is 0 Å². The summed E-state index contributed by atoms with van der Waals surface area (Å²) < 4.78 is 6.63. The fraction of sp³-hybridized carbons (Fsp3) is 0.0455. The minimum atomic E-state index is -0.482. The van der Waals surface area contributed by atoms with Crippen molar-refractivity contribution in [3.63, 3.8) is 0 Å². The summed E-state index contributed by atoms with van der Waals surface area (Å²) in [5, 5.41) is 22.4. The molecule has 9 heteroatoms. The van der Waals surface area contributed by atoms with Gasteiger partial charge in [-0.15, -0.1) is 10.2 Å². The molecular weight excluding hydrogens is 398 g/mol. The predicted molar refractivity (Wildman–Crippen MR) is 116 cm³/mol. The standard InChI is InChI=1S/C22H17N5O4/c1-31-19-10-6-5-9-18(19)23-24-21-20(15-11-13-17(14-12-15)27(29)30)25-26(22(21)28)16-7-3-2-4-8-16/h2-14,25H,1H3. The number of H-pyrrole nitrogens is 1. The van der Waals surface area contributed by atoms with Gasteiger partial charge in [-0.25, -0.2) is 4.68 Å². The van der Waals surface area contributed by atoms with Gasteiger partial charge in [0.2, 0.25) is 0 Å². The van der Waals surface area contributed by atoms with Gasteiger partial charge < -0.3 is 4.74 Å². The molecule has 1 heterocycles. The summed E-state index contributed by atoms with van der Waals surface area (Å²) in [6, 6.07) is 21.9. The number of hydrogen-bond donors (Lipinski definition) is 1. The topological polar surface area (TPSA) is 115 Å². The van der Waals surface area contributed by atoms with E-state index in [1.165, 1.54) is 23.9 Å². The van der Waals surface area contributed by atoms with E-state index in [2.05, 4.69) is 15.3 Å². The van der Waals surface area contributed by atoms with Crippen molar-refractivity contribution in [3.8, 4) is 22.7 Å². The maximum Gasteiger partial charge on any atom is 0.299 e. The molecule has 0 aliphatic carbocycles. The Balaban J connectivity index is 1.86.